The molecule has 12 nitrogen and oxygen atoms in total. The maximum atomic E-state index is 14.0. The van der Waals surface area contributed by atoms with Gasteiger partial charge in [-0.2, -0.15) is 0 Å². The topological polar surface area (TPSA) is 150 Å². The van der Waals surface area contributed by atoms with Gasteiger partial charge in [0.05, 0.1) is 39.9 Å². The Morgan fingerprint density at radius 1 is 0.965 bits per heavy atom. The number of carbonyl (C=O) groups excluding carboxylic acids is 3. The number of carbonyl (C=O) groups is 3. The minimum Gasteiger partial charge on any atom is -0.388 e. The third kappa shape index (κ3) is 10.4. The van der Waals surface area contributed by atoms with Crippen LogP contribution in [0.5, 0.6) is 0 Å². The monoisotopic (exact) mass is 793 g/mol. The maximum Gasteiger partial charge on any atom is 0.261 e. The lowest BCUT2D eigenvalue weighted by molar-refractivity contribution is -0.140. The van der Waals surface area contributed by atoms with E-state index in [1.165, 1.54) is 10.9 Å². The van der Waals surface area contributed by atoms with Crippen molar-refractivity contribution in [2.24, 2.45) is 5.92 Å². The zero-order chi connectivity index (χ0) is 40.7. The van der Waals surface area contributed by atoms with Crippen LogP contribution in [0.2, 0.25) is 5.02 Å². The minimum absolute atomic E-state index is 0.0135. The van der Waals surface area contributed by atoms with Crippen molar-refractivity contribution in [3.63, 3.8) is 0 Å². The van der Waals surface area contributed by atoms with Crippen LogP contribution < -0.4 is 16.2 Å². The van der Waals surface area contributed by atoms with Gasteiger partial charge in [0, 0.05) is 61.4 Å². The van der Waals surface area contributed by atoms with Crippen LogP contribution in [-0.4, -0.2) is 93.0 Å². The third-order valence-corrected chi connectivity index (χ3v) is 11.2. The van der Waals surface area contributed by atoms with E-state index in [4.69, 9.17) is 11.6 Å². The molecule has 1 atom stereocenters. The summed E-state index contributed by atoms with van der Waals surface area (Å²) in [7, 11) is 3.80. The van der Waals surface area contributed by atoms with E-state index in [9.17, 15) is 24.3 Å². The summed E-state index contributed by atoms with van der Waals surface area (Å²) in [4.78, 5) is 65.7. The van der Waals surface area contributed by atoms with Crippen LogP contribution in [0.4, 0.5) is 5.69 Å². The van der Waals surface area contributed by atoms with Gasteiger partial charge in [-0.15, -0.1) is 0 Å². The lowest BCUT2D eigenvalue weighted by atomic mass is 9.88. The van der Waals surface area contributed by atoms with Gasteiger partial charge in [-0.3, -0.25) is 28.7 Å². The summed E-state index contributed by atoms with van der Waals surface area (Å²) in [6.45, 7) is 5.89. The molecule has 5 aromatic rings. The number of hydrogen-bond donors (Lipinski definition) is 3. The van der Waals surface area contributed by atoms with Gasteiger partial charge >= 0.3 is 0 Å². The van der Waals surface area contributed by atoms with Gasteiger partial charge in [0.2, 0.25) is 11.8 Å². The Hall–Kier alpha value is -5.17. The molecule has 0 spiro atoms. The van der Waals surface area contributed by atoms with Crippen molar-refractivity contribution in [3.05, 3.63) is 111 Å². The Morgan fingerprint density at radius 3 is 2.40 bits per heavy atom. The van der Waals surface area contributed by atoms with E-state index in [0.717, 1.165) is 16.5 Å². The van der Waals surface area contributed by atoms with Crippen LogP contribution in [0.25, 0.3) is 21.8 Å². The van der Waals surface area contributed by atoms with E-state index >= 15 is 0 Å². The molecule has 6 rings (SSSR count). The zero-order valence-electron chi connectivity index (χ0n) is 33.1. The van der Waals surface area contributed by atoms with Gasteiger partial charge in [-0.25, -0.2) is 4.98 Å². The quantitative estimate of drug-likeness (QED) is 0.109. The molecule has 1 fully saturated rings. The fourth-order valence-corrected chi connectivity index (χ4v) is 7.78. The maximum absolute atomic E-state index is 14.0. The van der Waals surface area contributed by atoms with Crippen LogP contribution in [0, 0.1) is 5.92 Å². The largest absolute Gasteiger partial charge is 0.388 e. The zero-order valence-corrected chi connectivity index (χ0v) is 33.9. The number of benzene rings is 3. The molecule has 1 aliphatic rings. The van der Waals surface area contributed by atoms with E-state index in [2.05, 4.69) is 34.4 Å². The first kappa shape index (κ1) is 41.5. The number of aliphatic hydroxyl groups is 1. The van der Waals surface area contributed by atoms with E-state index in [1.54, 1.807) is 36.5 Å². The highest BCUT2D eigenvalue weighted by atomic mass is 35.5. The number of fused-ring (bicyclic) bond motifs is 2. The van der Waals surface area contributed by atoms with Crippen LogP contribution in [0.3, 0.4) is 0 Å². The molecule has 57 heavy (non-hydrogen) atoms. The summed E-state index contributed by atoms with van der Waals surface area (Å²) in [5, 5.41) is 19.3. The van der Waals surface area contributed by atoms with Gasteiger partial charge in [-0.1, -0.05) is 61.8 Å². The van der Waals surface area contributed by atoms with Crippen molar-refractivity contribution in [2.75, 3.05) is 45.6 Å². The fourth-order valence-electron chi connectivity index (χ4n) is 7.36. The van der Waals surface area contributed by atoms with Gasteiger partial charge in [0.15, 0.2) is 0 Å². The van der Waals surface area contributed by atoms with Crippen molar-refractivity contribution in [2.45, 2.75) is 70.4 Å². The average molecular weight is 794 g/mol. The highest BCUT2D eigenvalue weighted by Gasteiger charge is 2.36. The van der Waals surface area contributed by atoms with Crippen LogP contribution in [0.1, 0.15) is 73.4 Å². The molecular weight excluding hydrogens is 742 g/mol. The molecule has 3 N–H and O–H groups in total. The molecule has 0 bridgehead atoms. The first-order chi connectivity index (χ1) is 27.3. The lowest BCUT2D eigenvalue weighted by Gasteiger charge is -2.39. The Labute approximate surface area is 338 Å². The Morgan fingerprint density at radius 2 is 1.68 bits per heavy atom. The number of anilines is 1. The smallest absolute Gasteiger partial charge is 0.261 e. The number of pyridine rings is 1. The number of nitrogens with one attached hydrogen (secondary N) is 2. The molecule has 3 heterocycles. The molecular formula is C44H52ClN7O5. The molecule has 0 unspecified atom stereocenters. The molecule has 2 aromatic heterocycles. The highest BCUT2D eigenvalue weighted by Crippen LogP contribution is 2.31. The number of piperidine rings is 1. The minimum atomic E-state index is -1.20. The van der Waals surface area contributed by atoms with Crippen LogP contribution in [-0.2, 0) is 22.6 Å². The van der Waals surface area contributed by atoms with Crippen molar-refractivity contribution in [1.29, 1.82) is 0 Å². The fraction of sp³-hybridized carbons (Fsp3) is 0.409. The van der Waals surface area contributed by atoms with E-state index < -0.39 is 5.60 Å². The van der Waals surface area contributed by atoms with Crippen molar-refractivity contribution in [1.82, 2.24) is 29.7 Å². The molecule has 3 amide bonds. The molecule has 1 aliphatic heterocycles. The summed E-state index contributed by atoms with van der Waals surface area (Å²) in [6.07, 6.45) is 5.88. The predicted molar refractivity (Wildman–Crippen MR) is 225 cm³/mol. The van der Waals surface area contributed by atoms with Crippen molar-refractivity contribution < 1.29 is 19.5 Å². The molecule has 13 heteroatoms. The number of likely N-dealkylation sites (tertiary alicyclic amines) is 1. The number of halogens is 1. The van der Waals surface area contributed by atoms with E-state index in [1.807, 2.05) is 60.3 Å². The second-order valence-electron chi connectivity index (χ2n) is 15.8. The first-order valence-electron chi connectivity index (χ1n) is 19.7. The molecule has 0 aliphatic carbocycles. The standard InChI is InChI=1S/C44H52ClN7O5/c1-29(2)36-26-47-37-24-31(12-14-34(37)40(36)45)41(54)46-19-8-11-32(23-30-9-6-5-7-10-30)42(55)51-21-17-44(57,18-22-51)27-52-28-48-38-25-33(13-15-35(38)43(52)56)49-39(53)16-20-50(3)4/h5-7,9-10,12-15,24-26,28-29,32,57H,8,11,16-23,27H2,1-4H3,(H,46,54)(H,49,53)/t32-/m1/s1. The summed E-state index contributed by atoms with van der Waals surface area (Å²) < 4.78 is 1.42. The third-order valence-electron chi connectivity index (χ3n) is 10.8. The molecule has 300 valence electrons. The number of hydrogen-bond acceptors (Lipinski definition) is 8. The summed E-state index contributed by atoms with van der Waals surface area (Å²) in [5.41, 5.74) is 2.71. The summed E-state index contributed by atoms with van der Waals surface area (Å²) >= 11 is 6.63. The molecule has 0 saturated carbocycles. The number of rotatable bonds is 15. The van der Waals surface area contributed by atoms with Gasteiger partial charge in [0.25, 0.3) is 11.5 Å². The number of amides is 3. The van der Waals surface area contributed by atoms with E-state index in [-0.39, 0.29) is 41.7 Å². The molecule has 1 saturated heterocycles. The Bertz CT molecular complexity index is 2290. The van der Waals surface area contributed by atoms with Crippen LogP contribution in [0.15, 0.2) is 84.0 Å². The first-order valence-corrected chi connectivity index (χ1v) is 20.0. The predicted octanol–water partition coefficient (Wildman–Crippen LogP) is 6.03. The lowest BCUT2D eigenvalue weighted by Crippen LogP contribution is -2.51. The Balaban J connectivity index is 1.05. The normalized spacial score (nSPS) is 14.6. The molecule has 3 aromatic carbocycles. The SMILES string of the molecule is CC(C)c1cnc2cc(C(=O)NCCC[C@H](Cc3ccccc3)C(=O)N3CCC(O)(Cn4cnc5cc(NC(=O)CCN(C)C)ccc5c4=O)CC3)ccc2c1Cl. The van der Waals surface area contributed by atoms with Gasteiger partial charge < -0.3 is 25.5 Å². The highest BCUT2D eigenvalue weighted by molar-refractivity contribution is 6.36. The van der Waals surface area contributed by atoms with Gasteiger partial charge in [-0.05, 0) is 93.6 Å². The van der Waals surface area contributed by atoms with Crippen molar-refractivity contribution in [3.8, 4) is 0 Å². The van der Waals surface area contributed by atoms with Crippen molar-refractivity contribution >= 4 is 56.8 Å². The number of nitrogens with zero attached hydrogens (tertiary/aromatic N) is 5. The average Bonchev–Trinajstić information content (AvgIpc) is 3.19. The Kier molecular flexibility index (Phi) is 13.4. The second-order valence-corrected chi connectivity index (χ2v) is 16.1. The summed E-state index contributed by atoms with van der Waals surface area (Å²) in [5.74, 6) is -0.403. The van der Waals surface area contributed by atoms with E-state index in [0.29, 0.717) is 97.4 Å². The second kappa shape index (κ2) is 18.4. The summed E-state index contributed by atoms with van der Waals surface area (Å²) in [6, 6.07) is 20.2. The van der Waals surface area contributed by atoms with Crippen LogP contribution >= 0.6 is 11.6 Å². The molecule has 0 radical (unpaired) electrons. The van der Waals surface area contributed by atoms with Gasteiger partial charge in [0.1, 0.15) is 0 Å². The number of aromatic nitrogens is 3.